The van der Waals surface area contributed by atoms with Crippen molar-refractivity contribution in [2.24, 2.45) is 0 Å². The van der Waals surface area contributed by atoms with Gasteiger partial charge in [0.1, 0.15) is 23.9 Å². The minimum Gasteiger partial charge on any atom is -0.461 e. The molecule has 2 N–H and O–H groups in total. The van der Waals surface area contributed by atoms with Crippen LogP contribution in [0, 0.1) is 0 Å². The number of rotatable bonds is 5. The van der Waals surface area contributed by atoms with E-state index in [1.54, 1.807) is 4.52 Å². The smallest absolute Gasteiger partial charge is 0.303 e. The third kappa shape index (κ3) is 4.90. The molecule has 4 rings (SSSR count). The third-order valence-corrected chi connectivity index (χ3v) is 5.76. The summed E-state index contributed by atoms with van der Waals surface area (Å²) in [6.07, 6.45) is 2.04. The van der Waals surface area contributed by atoms with Gasteiger partial charge in [-0.15, -0.1) is 0 Å². The average Bonchev–Trinajstić information content (AvgIpc) is 3.34. The molecule has 0 amide bonds. The van der Waals surface area contributed by atoms with E-state index in [1.165, 1.54) is 6.92 Å². The first-order valence-electron chi connectivity index (χ1n) is 10.8. The first kappa shape index (κ1) is 21.4. The first-order valence-corrected chi connectivity index (χ1v) is 10.8. The van der Waals surface area contributed by atoms with Crippen molar-refractivity contribution in [1.82, 2.24) is 19.5 Å². The van der Waals surface area contributed by atoms with Crippen molar-refractivity contribution < 1.29 is 13.9 Å². The van der Waals surface area contributed by atoms with Crippen molar-refractivity contribution in [3.05, 3.63) is 47.2 Å². The summed E-state index contributed by atoms with van der Waals surface area (Å²) < 4.78 is 12.5. The molecular formula is C23H31N5O3. The van der Waals surface area contributed by atoms with Crippen molar-refractivity contribution in [2.45, 2.75) is 65.0 Å². The molecule has 4 heterocycles. The van der Waals surface area contributed by atoms with Gasteiger partial charge in [-0.2, -0.15) is 9.61 Å². The molecule has 1 aliphatic heterocycles. The van der Waals surface area contributed by atoms with Crippen molar-refractivity contribution in [3.63, 3.8) is 0 Å². The highest BCUT2D eigenvalue weighted by Gasteiger charge is 2.25. The lowest BCUT2D eigenvalue weighted by molar-refractivity contribution is -0.142. The summed E-state index contributed by atoms with van der Waals surface area (Å²) in [6.45, 7) is 10.7. The van der Waals surface area contributed by atoms with Gasteiger partial charge in [-0.25, -0.2) is 4.98 Å². The zero-order valence-corrected chi connectivity index (χ0v) is 18.7. The van der Waals surface area contributed by atoms with Crippen LogP contribution in [0.3, 0.4) is 0 Å². The molecule has 8 heteroatoms. The second-order valence-corrected chi connectivity index (χ2v) is 9.35. The normalized spacial score (nSPS) is 16.1. The van der Waals surface area contributed by atoms with Crippen LogP contribution in [-0.2, 0) is 28.1 Å². The number of hydrogen-bond acceptors (Lipinski definition) is 7. The van der Waals surface area contributed by atoms with E-state index in [0.29, 0.717) is 17.5 Å². The maximum atomic E-state index is 10.9. The third-order valence-electron chi connectivity index (χ3n) is 5.76. The van der Waals surface area contributed by atoms with Crippen LogP contribution in [-0.4, -0.2) is 38.6 Å². The number of furan rings is 1. The minimum absolute atomic E-state index is 0.0461. The zero-order chi connectivity index (χ0) is 22.2. The number of piperidine rings is 1. The van der Waals surface area contributed by atoms with E-state index < -0.39 is 0 Å². The minimum atomic E-state index is -0.307. The number of nitrogen functional groups attached to an aromatic ring is 1. The van der Waals surface area contributed by atoms with E-state index in [2.05, 4.69) is 30.8 Å². The van der Waals surface area contributed by atoms with Crippen LogP contribution in [0.2, 0.25) is 0 Å². The van der Waals surface area contributed by atoms with Crippen molar-refractivity contribution in [1.29, 1.82) is 0 Å². The van der Waals surface area contributed by atoms with Crippen molar-refractivity contribution in [3.8, 4) is 0 Å². The molecule has 0 spiro atoms. The molecule has 31 heavy (non-hydrogen) atoms. The molecule has 1 fully saturated rings. The van der Waals surface area contributed by atoms with E-state index >= 15 is 0 Å². The van der Waals surface area contributed by atoms with E-state index in [9.17, 15) is 4.79 Å². The highest BCUT2D eigenvalue weighted by Crippen LogP contribution is 2.30. The Bertz CT molecular complexity index is 1070. The highest BCUT2D eigenvalue weighted by molar-refractivity contribution is 5.65. The predicted octanol–water partition coefficient (Wildman–Crippen LogP) is 3.64. The second-order valence-electron chi connectivity index (χ2n) is 9.35. The van der Waals surface area contributed by atoms with Crippen LogP contribution in [0.4, 0.5) is 5.82 Å². The van der Waals surface area contributed by atoms with E-state index in [1.807, 2.05) is 24.3 Å². The molecule has 0 radical (unpaired) electrons. The molecular weight excluding hydrogens is 394 g/mol. The fourth-order valence-corrected chi connectivity index (χ4v) is 3.96. The Hall–Kier alpha value is -2.87. The van der Waals surface area contributed by atoms with Crippen LogP contribution in [0.25, 0.3) is 5.65 Å². The van der Waals surface area contributed by atoms with E-state index in [-0.39, 0.29) is 18.0 Å². The van der Waals surface area contributed by atoms with Gasteiger partial charge in [0.15, 0.2) is 5.65 Å². The number of nitrogens with two attached hydrogens (primary N) is 1. The molecule has 0 atom stereocenters. The predicted molar refractivity (Wildman–Crippen MR) is 118 cm³/mol. The summed E-state index contributed by atoms with van der Waals surface area (Å²) in [4.78, 5) is 18.2. The summed E-state index contributed by atoms with van der Waals surface area (Å²) in [5, 5.41) is 4.64. The Morgan fingerprint density at radius 1 is 1.23 bits per heavy atom. The number of nitrogens with zero attached hydrogens (tertiary/aromatic N) is 4. The molecule has 0 aliphatic carbocycles. The summed E-state index contributed by atoms with van der Waals surface area (Å²) in [5.41, 5.74) is 9.11. The fraction of sp³-hybridized carbons (Fsp3) is 0.522. The van der Waals surface area contributed by atoms with Gasteiger partial charge in [-0.05, 0) is 38.1 Å². The van der Waals surface area contributed by atoms with Gasteiger partial charge in [0.2, 0.25) is 0 Å². The number of hydrogen-bond donors (Lipinski definition) is 1. The molecule has 0 bridgehead atoms. The largest absolute Gasteiger partial charge is 0.461 e. The van der Waals surface area contributed by atoms with Crippen LogP contribution in [0.1, 0.15) is 69.4 Å². The standard InChI is InChI=1S/C23H31N5O3/c1-15(29)30-14-18-6-5-17(31-18)13-27-9-7-16(8-10-27)19-11-21(24)28-22(25-19)12-20(26-28)23(2,3)4/h5-6,11-12,16H,7-10,13-14,24H2,1-4H3. The molecule has 8 nitrogen and oxygen atoms in total. The quantitative estimate of drug-likeness (QED) is 0.623. The van der Waals surface area contributed by atoms with Crippen LogP contribution < -0.4 is 5.73 Å². The van der Waals surface area contributed by atoms with Gasteiger partial charge in [-0.1, -0.05) is 20.8 Å². The lowest BCUT2D eigenvalue weighted by atomic mass is 9.92. The van der Waals surface area contributed by atoms with Gasteiger partial charge >= 0.3 is 5.97 Å². The summed E-state index contributed by atoms with van der Waals surface area (Å²) >= 11 is 0. The number of likely N-dealkylation sites (tertiary alicyclic amines) is 1. The van der Waals surface area contributed by atoms with Gasteiger partial charge < -0.3 is 14.9 Å². The molecule has 1 saturated heterocycles. The number of aromatic nitrogens is 3. The number of carbonyl (C=O) groups excluding carboxylic acids is 1. The summed E-state index contributed by atoms with van der Waals surface area (Å²) in [5.74, 6) is 2.27. The van der Waals surface area contributed by atoms with Crippen LogP contribution in [0.15, 0.2) is 28.7 Å². The lowest BCUT2D eigenvalue weighted by Crippen LogP contribution is -2.32. The summed E-state index contributed by atoms with van der Waals surface area (Å²) in [7, 11) is 0. The summed E-state index contributed by atoms with van der Waals surface area (Å²) in [6, 6.07) is 7.83. The average molecular weight is 426 g/mol. The Morgan fingerprint density at radius 3 is 2.61 bits per heavy atom. The Kier molecular flexibility index (Phi) is 5.75. The maximum Gasteiger partial charge on any atom is 0.303 e. The van der Waals surface area contributed by atoms with Crippen molar-refractivity contribution >= 4 is 17.4 Å². The Labute approximate surface area is 182 Å². The Morgan fingerprint density at radius 2 is 1.94 bits per heavy atom. The number of fused-ring (bicyclic) bond motifs is 1. The van der Waals surface area contributed by atoms with E-state index in [4.69, 9.17) is 19.9 Å². The second kappa shape index (κ2) is 8.34. The van der Waals surface area contributed by atoms with Crippen LogP contribution >= 0.6 is 0 Å². The van der Waals surface area contributed by atoms with Crippen molar-refractivity contribution in [2.75, 3.05) is 18.8 Å². The highest BCUT2D eigenvalue weighted by atomic mass is 16.5. The molecule has 3 aromatic rings. The SMILES string of the molecule is CC(=O)OCc1ccc(CN2CCC(c3cc(N)n4nc(C(C)(C)C)cc4n3)CC2)o1. The topological polar surface area (TPSA) is 98.9 Å². The molecule has 0 saturated carbocycles. The maximum absolute atomic E-state index is 10.9. The molecule has 166 valence electrons. The van der Waals surface area contributed by atoms with Crippen LogP contribution in [0.5, 0.6) is 0 Å². The number of anilines is 1. The molecule has 1 aliphatic rings. The number of carbonyl (C=O) groups is 1. The Balaban J connectivity index is 1.38. The van der Waals surface area contributed by atoms with Gasteiger partial charge in [0.25, 0.3) is 0 Å². The fourth-order valence-electron chi connectivity index (χ4n) is 3.96. The van der Waals surface area contributed by atoms with E-state index in [0.717, 1.165) is 55.3 Å². The monoisotopic (exact) mass is 425 g/mol. The molecule has 0 unspecified atom stereocenters. The lowest BCUT2D eigenvalue weighted by Gasteiger charge is -2.31. The zero-order valence-electron chi connectivity index (χ0n) is 18.7. The molecule has 3 aromatic heterocycles. The number of ether oxygens (including phenoxy) is 1. The molecule has 0 aromatic carbocycles. The van der Waals surface area contributed by atoms with Gasteiger partial charge in [-0.3, -0.25) is 9.69 Å². The van der Waals surface area contributed by atoms with Gasteiger partial charge in [0, 0.05) is 36.1 Å². The number of esters is 1. The van der Waals surface area contributed by atoms with Gasteiger partial charge in [0.05, 0.1) is 12.2 Å². The first-order chi connectivity index (χ1) is 14.7.